The molecule has 2 aromatic carbocycles. The Morgan fingerprint density at radius 1 is 1.00 bits per heavy atom. The number of anilines is 2. The van der Waals surface area contributed by atoms with E-state index in [-0.39, 0.29) is 0 Å². The van der Waals surface area contributed by atoms with Crippen LogP contribution >= 0.6 is 11.3 Å². The summed E-state index contributed by atoms with van der Waals surface area (Å²) in [6, 6.07) is 20.4. The maximum atomic E-state index is 5.52. The molecule has 5 heteroatoms. The van der Waals surface area contributed by atoms with Gasteiger partial charge in [-0.3, -0.25) is 0 Å². The summed E-state index contributed by atoms with van der Waals surface area (Å²) in [6.07, 6.45) is 0.714. The number of nitrogens with zero attached hydrogens (tertiary/aromatic N) is 2. The number of benzene rings is 2. The Kier molecular flexibility index (Phi) is 5.03. The van der Waals surface area contributed by atoms with Gasteiger partial charge in [0.15, 0.2) is 0 Å². The zero-order valence-electron chi connectivity index (χ0n) is 15.4. The zero-order valence-corrected chi connectivity index (χ0v) is 16.2. The minimum Gasteiger partial charge on any atom is -0.494 e. The Bertz CT molecular complexity index is 1040. The van der Waals surface area contributed by atoms with Crippen molar-refractivity contribution in [2.75, 3.05) is 11.9 Å². The van der Waals surface area contributed by atoms with E-state index in [1.807, 2.05) is 49.4 Å². The van der Waals surface area contributed by atoms with Gasteiger partial charge in [0.1, 0.15) is 22.2 Å². The molecule has 0 atom stereocenters. The second-order valence-corrected chi connectivity index (χ2v) is 7.54. The summed E-state index contributed by atoms with van der Waals surface area (Å²) in [5, 5.41) is 4.51. The predicted molar refractivity (Wildman–Crippen MR) is 112 cm³/mol. The molecule has 0 fully saturated rings. The number of ether oxygens (including phenoxy) is 1. The van der Waals surface area contributed by atoms with Crippen molar-refractivity contribution in [1.82, 2.24) is 9.97 Å². The average Bonchev–Trinajstić information content (AvgIpc) is 3.05. The number of hydrogen-bond donors (Lipinski definition) is 1. The molecular weight excluding hydrogens is 354 g/mol. The van der Waals surface area contributed by atoms with E-state index in [4.69, 9.17) is 14.7 Å². The summed E-state index contributed by atoms with van der Waals surface area (Å²) < 4.78 is 5.52. The lowest BCUT2D eigenvalue weighted by Gasteiger charge is -2.10. The topological polar surface area (TPSA) is 47.0 Å². The summed E-state index contributed by atoms with van der Waals surface area (Å²) >= 11 is 1.70. The molecule has 0 bridgehead atoms. The number of fused-ring (bicyclic) bond motifs is 1. The third-order valence-corrected chi connectivity index (χ3v) is 5.14. The van der Waals surface area contributed by atoms with Crippen LogP contribution in [0.5, 0.6) is 5.75 Å². The van der Waals surface area contributed by atoms with E-state index in [2.05, 4.69) is 30.4 Å². The highest BCUT2D eigenvalue weighted by Crippen LogP contribution is 2.31. The molecule has 1 N–H and O–H groups in total. The van der Waals surface area contributed by atoms with Crippen molar-refractivity contribution in [3.8, 4) is 5.75 Å². The van der Waals surface area contributed by atoms with E-state index in [1.165, 1.54) is 10.4 Å². The van der Waals surface area contributed by atoms with Crippen molar-refractivity contribution in [2.24, 2.45) is 0 Å². The fourth-order valence-corrected chi connectivity index (χ4v) is 3.88. The summed E-state index contributed by atoms with van der Waals surface area (Å²) in [5.74, 6) is 2.54. The van der Waals surface area contributed by atoms with Gasteiger partial charge in [0, 0.05) is 17.0 Å². The highest BCUT2D eigenvalue weighted by atomic mass is 32.1. The van der Waals surface area contributed by atoms with E-state index in [0.717, 1.165) is 33.3 Å². The number of thiophene rings is 1. The van der Waals surface area contributed by atoms with Crippen LogP contribution in [0, 0.1) is 6.92 Å². The highest BCUT2D eigenvalue weighted by Gasteiger charge is 2.11. The van der Waals surface area contributed by atoms with Crippen LogP contribution in [0.4, 0.5) is 11.5 Å². The van der Waals surface area contributed by atoms with Crippen LogP contribution in [0.15, 0.2) is 60.7 Å². The predicted octanol–water partition coefficient (Wildman–Crippen LogP) is 5.73. The maximum Gasteiger partial charge on any atom is 0.142 e. The second-order valence-electron chi connectivity index (χ2n) is 6.31. The molecule has 2 heterocycles. The second kappa shape index (κ2) is 7.76. The smallest absolute Gasteiger partial charge is 0.142 e. The largest absolute Gasteiger partial charge is 0.494 e. The minimum absolute atomic E-state index is 0.663. The Morgan fingerprint density at radius 3 is 2.52 bits per heavy atom. The van der Waals surface area contributed by atoms with Gasteiger partial charge in [0.25, 0.3) is 0 Å². The summed E-state index contributed by atoms with van der Waals surface area (Å²) in [6.45, 7) is 4.75. The van der Waals surface area contributed by atoms with Crippen molar-refractivity contribution in [2.45, 2.75) is 20.3 Å². The number of rotatable bonds is 6. The molecule has 0 saturated heterocycles. The molecule has 27 heavy (non-hydrogen) atoms. The Morgan fingerprint density at radius 2 is 1.78 bits per heavy atom. The summed E-state index contributed by atoms with van der Waals surface area (Å²) in [5.41, 5.74) is 2.19. The van der Waals surface area contributed by atoms with Crippen molar-refractivity contribution < 1.29 is 4.74 Å². The van der Waals surface area contributed by atoms with Gasteiger partial charge < -0.3 is 10.1 Å². The van der Waals surface area contributed by atoms with Gasteiger partial charge in [-0.05, 0) is 49.7 Å². The maximum absolute atomic E-state index is 5.52. The van der Waals surface area contributed by atoms with Crippen LogP contribution < -0.4 is 10.1 Å². The highest BCUT2D eigenvalue weighted by molar-refractivity contribution is 7.18. The van der Waals surface area contributed by atoms with Gasteiger partial charge in [0.2, 0.25) is 0 Å². The van der Waals surface area contributed by atoms with Gasteiger partial charge in [-0.1, -0.05) is 30.3 Å². The van der Waals surface area contributed by atoms with E-state index < -0.39 is 0 Å². The molecule has 4 aromatic rings. The van der Waals surface area contributed by atoms with Crippen LogP contribution in [-0.2, 0) is 6.42 Å². The number of hydrogen-bond acceptors (Lipinski definition) is 5. The molecule has 0 amide bonds. The molecule has 0 saturated carbocycles. The van der Waals surface area contributed by atoms with E-state index in [9.17, 15) is 0 Å². The molecule has 0 spiro atoms. The molecule has 2 aromatic heterocycles. The van der Waals surface area contributed by atoms with Crippen LogP contribution in [-0.4, -0.2) is 16.6 Å². The molecule has 4 rings (SSSR count). The first-order chi connectivity index (χ1) is 13.2. The van der Waals surface area contributed by atoms with Gasteiger partial charge in [-0.15, -0.1) is 11.3 Å². The lowest BCUT2D eigenvalue weighted by Crippen LogP contribution is -2.01. The van der Waals surface area contributed by atoms with Gasteiger partial charge in [-0.25, -0.2) is 9.97 Å². The molecule has 136 valence electrons. The standard InChI is InChI=1S/C22H21N3OS/c1-3-26-18-11-9-17(10-12-18)23-21-19-13-15(2)27-22(19)25-20(24-21)14-16-7-5-4-6-8-16/h4-13H,3,14H2,1-2H3,(H,23,24,25). The number of nitrogens with one attached hydrogen (secondary N) is 1. The SMILES string of the molecule is CCOc1ccc(Nc2nc(Cc3ccccc3)nc3sc(C)cc23)cc1. The van der Waals surface area contributed by atoms with Gasteiger partial charge in [-0.2, -0.15) is 0 Å². The molecule has 0 unspecified atom stereocenters. The zero-order chi connectivity index (χ0) is 18.6. The minimum atomic E-state index is 0.663. The first kappa shape index (κ1) is 17.5. The van der Waals surface area contributed by atoms with Gasteiger partial charge >= 0.3 is 0 Å². The number of aromatic nitrogens is 2. The Balaban J connectivity index is 1.67. The third kappa shape index (κ3) is 4.09. The lowest BCUT2D eigenvalue weighted by atomic mass is 10.1. The Hall–Kier alpha value is -2.92. The van der Waals surface area contributed by atoms with E-state index in [1.54, 1.807) is 11.3 Å². The van der Waals surface area contributed by atoms with Crippen LogP contribution in [0.1, 0.15) is 23.2 Å². The van der Waals surface area contributed by atoms with Crippen molar-refractivity contribution in [3.05, 3.63) is 76.9 Å². The van der Waals surface area contributed by atoms with Gasteiger partial charge in [0.05, 0.1) is 12.0 Å². The quantitative estimate of drug-likeness (QED) is 0.467. The normalized spacial score (nSPS) is 10.9. The molecule has 4 nitrogen and oxygen atoms in total. The molecule has 0 aliphatic heterocycles. The third-order valence-electron chi connectivity index (χ3n) is 4.20. The Labute approximate surface area is 162 Å². The lowest BCUT2D eigenvalue weighted by molar-refractivity contribution is 0.340. The first-order valence-corrected chi connectivity index (χ1v) is 9.84. The number of aryl methyl sites for hydroxylation is 1. The summed E-state index contributed by atoms with van der Waals surface area (Å²) in [4.78, 5) is 11.8. The fourth-order valence-electron chi connectivity index (χ4n) is 2.98. The van der Waals surface area contributed by atoms with Crippen molar-refractivity contribution in [1.29, 1.82) is 0 Å². The molecule has 0 aliphatic rings. The monoisotopic (exact) mass is 375 g/mol. The van der Waals surface area contributed by atoms with Crippen molar-refractivity contribution in [3.63, 3.8) is 0 Å². The fraction of sp³-hybridized carbons (Fsp3) is 0.182. The molecule has 0 aliphatic carbocycles. The van der Waals surface area contributed by atoms with E-state index >= 15 is 0 Å². The first-order valence-electron chi connectivity index (χ1n) is 9.02. The van der Waals surface area contributed by atoms with E-state index in [0.29, 0.717) is 13.0 Å². The average molecular weight is 375 g/mol. The summed E-state index contributed by atoms with van der Waals surface area (Å²) in [7, 11) is 0. The van der Waals surface area contributed by atoms with Crippen LogP contribution in [0.3, 0.4) is 0 Å². The molecular formula is C22H21N3OS. The van der Waals surface area contributed by atoms with Crippen LogP contribution in [0.2, 0.25) is 0 Å². The molecule has 0 radical (unpaired) electrons. The van der Waals surface area contributed by atoms with Crippen molar-refractivity contribution >= 4 is 33.1 Å². The van der Waals surface area contributed by atoms with Crippen LogP contribution in [0.25, 0.3) is 10.2 Å².